The summed E-state index contributed by atoms with van der Waals surface area (Å²) in [4.78, 5) is 33.1. The summed E-state index contributed by atoms with van der Waals surface area (Å²) in [5, 5.41) is 54.4. The van der Waals surface area contributed by atoms with Crippen molar-refractivity contribution in [1.82, 2.24) is 15.0 Å². The van der Waals surface area contributed by atoms with Gasteiger partial charge in [0.05, 0.1) is 18.5 Å². The van der Waals surface area contributed by atoms with Crippen LogP contribution in [-0.4, -0.2) is 104 Å². The van der Waals surface area contributed by atoms with E-state index in [2.05, 4.69) is 30.7 Å². The molecular weight excluding hydrogens is 570 g/mol. The second kappa shape index (κ2) is 16.9. The molecule has 0 aromatic carbocycles. The Bertz CT molecular complexity index is 574. The number of rotatable bonds is 5. The third-order valence-corrected chi connectivity index (χ3v) is 3.40. The number of carboxylic acid groups (broad SMARTS) is 1. The zero-order valence-electron chi connectivity index (χ0n) is 14.5. The fraction of sp³-hybridized carbons (Fsp3) is 0.571. The molecule has 164 valence electrons. The Morgan fingerprint density at radius 2 is 1.66 bits per heavy atom. The van der Waals surface area contributed by atoms with Gasteiger partial charge in [-0.15, -0.1) is 5.10 Å². The van der Waals surface area contributed by atoms with E-state index in [0.29, 0.717) is 0 Å². The minimum Gasteiger partial charge on any atom is -0.665 e. The van der Waals surface area contributed by atoms with Gasteiger partial charge in [-0.05, 0) is 12.5 Å². The van der Waals surface area contributed by atoms with Gasteiger partial charge in [0.1, 0.15) is 24.4 Å². The number of ether oxygens (including phenoxy) is 1. The Morgan fingerprint density at radius 1 is 1.14 bits per heavy atom. The molecule has 29 heavy (non-hydrogen) atoms. The molecule has 6 N–H and O–H groups in total. The van der Waals surface area contributed by atoms with Crippen molar-refractivity contribution in [3.8, 4) is 0 Å². The molecule has 0 amide bonds. The van der Waals surface area contributed by atoms with Crippen LogP contribution < -0.4 is 0 Å². The molecule has 1 aromatic heterocycles. The Labute approximate surface area is 178 Å². The first-order chi connectivity index (χ1) is 13.3. The van der Waals surface area contributed by atoms with Gasteiger partial charge in [0.15, 0.2) is 6.23 Å². The number of carbonyl (C=O) groups is 1. The number of carbonyl (C=O) groups excluding carboxylic acids is 3. The Balaban J connectivity index is -0.000000883. The average molecular weight is 588 g/mol. The van der Waals surface area contributed by atoms with Gasteiger partial charge in [0.25, 0.3) is 5.97 Å². The van der Waals surface area contributed by atoms with Gasteiger partial charge in [0.2, 0.25) is 0 Å². The number of nitrogens with one attached hydrogen (secondary N) is 1. The Kier molecular flexibility index (Phi) is 18.5. The van der Waals surface area contributed by atoms with Gasteiger partial charge < -0.3 is 70.8 Å². The second-order valence-corrected chi connectivity index (χ2v) is 5.00. The van der Waals surface area contributed by atoms with E-state index in [-0.39, 0.29) is 32.5 Å². The maximum Gasteiger partial charge on any atom is 0.285 e. The summed E-state index contributed by atoms with van der Waals surface area (Å²) in [6.45, 7) is 12.9. The number of nitrogens with zero attached hydrogens (tertiary/aromatic N) is 3. The van der Waals surface area contributed by atoms with Crippen LogP contribution in [0.1, 0.15) is 11.9 Å². The first-order valence-electron chi connectivity index (χ1n) is 7.11. The molecule has 1 aliphatic heterocycles. The van der Waals surface area contributed by atoms with Gasteiger partial charge in [0, 0.05) is 20.4 Å². The van der Waals surface area contributed by atoms with E-state index in [1.54, 1.807) is 0 Å². The molecule has 0 spiro atoms. The molecular formula is C14H17N4O10Re-4. The number of aliphatic hydroxyl groups is 4. The smallest absolute Gasteiger partial charge is 0.285 e. The van der Waals surface area contributed by atoms with Crippen molar-refractivity contribution in [1.29, 1.82) is 0 Å². The summed E-state index contributed by atoms with van der Waals surface area (Å²) in [7, 11) is 0. The fourth-order valence-electron chi connectivity index (χ4n) is 2.13. The third-order valence-electron chi connectivity index (χ3n) is 3.40. The topological polar surface area (TPSA) is 233 Å². The number of aliphatic carboxylic acids is 1. The SMILES string of the molecule is [C-]=O.[C-]=O.[C-]=O.[NH-][C@@H](Cc1cn([C@@H]2OC(CO)[C@H](O)[C@H](O)C2O)nn1)C(=O)O.[Re]. The van der Waals surface area contributed by atoms with Gasteiger partial charge >= 0.3 is 0 Å². The Hall–Kier alpha value is -1.96. The molecule has 1 aliphatic rings. The van der Waals surface area contributed by atoms with Crippen LogP contribution in [0.15, 0.2) is 6.20 Å². The quantitative estimate of drug-likeness (QED) is 0.208. The summed E-state index contributed by atoms with van der Waals surface area (Å²) in [5.74, 6) is -1.30. The van der Waals surface area contributed by atoms with Crippen LogP contribution in [0.2, 0.25) is 0 Å². The maximum atomic E-state index is 10.6. The molecule has 1 fully saturated rings. The molecule has 14 nitrogen and oxygen atoms in total. The summed E-state index contributed by atoms with van der Waals surface area (Å²) in [5.41, 5.74) is 7.51. The molecule has 1 aromatic rings. The number of carboxylic acids is 1. The van der Waals surface area contributed by atoms with Crippen LogP contribution in [0.25, 0.3) is 5.73 Å². The number of aromatic nitrogens is 3. The largest absolute Gasteiger partial charge is 0.665 e. The van der Waals surface area contributed by atoms with Crippen molar-refractivity contribution in [3.63, 3.8) is 0 Å². The van der Waals surface area contributed by atoms with Gasteiger partial charge in [-0.3, -0.25) is 4.79 Å². The summed E-state index contributed by atoms with van der Waals surface area (Å²) < 4.78 is 6.32. The van der Waals surface area contributed by atoms with Crippen LogP contribution >= 0.6 is 0 Å². The van der Waals surface area contributed by atoms with Crippen molar-refractivity contribution < 1.29 is 69.9 Å². The van der Waals surface area contributed by atoms with Crippen molar-refractivity contribution >= 4 is 26.3 Å². The predicted molar refractivity (Wildman–Crippen MR) is 85.6 cm³/mol. The average Bonchev–Trinajstić information content (AvgIpc) is 3.19. The van der Waals surface area contributed by atoms with Crippen molar-refractivity contribution in [2.75, 3.05) is 6.61 Å². The van der Waals surface area contributed by atoms with E-state index in [1.165, 1.54) is 6.20 Å². The first-order valence-corrected chi connectivity index (χ1v) is 7.11. The van der Waals surface area contributed by atoms with E-state index in [4.69, 9.17) is 35.1 Å². The number of hydrogen-bond donors (Lipinski definition) is 5. The normalized spacial score (nSPS) is 25.9. The molecule has 0 saturated carbocycles. The Morgan fingerprint density at radius 3 is 2.10 bits per heavy atom. The molecule has 2 heterocycles. The number of aliphatic hydroxyl groups excluding tert-OH is 4. The van der Waals surface area contributed by atoms with Crippen LogP contribution in [0.4, 0.5) is 0 Å². The van der Waals surface area contributed by atoms with E-state index in [0.717, 1.165) is 4.68 Å². The van der Waals surface area contributed by atoms with Crippen molar-refractivity contribution in [3.05, 3.63) is 17.6 Å². The summed E-state index contributed by atoms with van der Waals surface area (Å²) >= 11 is 0. The number of hydrogen-bond acceptors (Lipinski definition) is 11. The van der Waals surface area contributed by atoms with Gasteiger partial charge in [-0.2, -0.15) is 0 Å². The van der Waals surface area contributed by atoms with E-state index >= 15 is 0 Å². The standard InChI is InChI=1S/C11H17N4O7.3CO.Re/c12-5(11(20)21)1-4-2-15(14-13-4)10-9(19)8(18)7(17)6(3-16)22-10;3*1-2;/h2,5-10,12,16-19H,1,3H2,(H,20,21);;;;/q4*-1;/t5-,6?,7-,8-,9?,10+;;;;/m0..../s1. The molecule has 0 bridgehead atoms. The van der Waals surface area contributed by atoms with Crippen LogP contribution in [0.3, 0.4) is 0 Å². The fourth-order valence-corrected chi connectivity index (χ4v) is 2.13. The predicted octanol–water partition coefficient (Wildman–Crippen LogP) is -3.90. The molecule has 0 aliphatic carbocycles. The molecule has 2 unspecified atom stereocenters. The summed E-state index contributed by atoms with van der Waals surface area (Å²) in [6, 6.07) is -1.40. The second-order valence-electron chi connectivity index (χ2n) is 5.00. The van der Waals surface area contributed by atoms with Crippen LogP contribution in [0, 0.1) is 0 Å². The monoisotopic (exact) mass is 588 g/mol. The van der Waals surface area contributed by atoms with Crippen molar-refractivity contribution in [2.24, 2.45) is 0 Å². The molecule has 6 atom stereocenters. The minimum atomic E-state index is -1.55. The first kappa shape index (κ1) is 31.7. The van der Waals surface area contributed by atoms with Crippen molar-refractivity contribution in [2.45, 2.75) is 43.1 Å². The van der Waals surface area contributed by atoms with E-state index < -0.39 is 49.3 Å². The minimum absolute atomic E-state index is 0. The zero-order chi connectivity index (χ0) is 22.4. The molecule has 1 saturated heterocycles. The van der Waals surface area contributed by atoms with Gasteiger partial charge in [-0.1, -0.05) is 5.21 Å². The summed E-state index contributed by atoms with van der Waals surface area (Å²) in [6.07, 6.45) is -5.75. The van der Waals surface area contributed by atoms with Crippen LogP contribution in [0.5, 0.6) is 0 Å². The van der Waals surface area contributed by atoms with Gasteiger partial charge in [-0.25, -0.2) is 4.68 Å². The zero-order valence-corrected chi connectivity index (χ0v) is 17.2. The molecule has 4 radical (unpaired) electrons. The maximum absolute atomic E-state index is 10.6. The van der Waals surface area contributed by atoms with E-state index in [9.17, 15) is 20.1 Å². The van der Waals surface area contributed by atoms with E-state index in [1.807, 2.05) is 0 Å². The molecule has 2 rings (SSSR count). The van der Waals surface area contributed by atoms with Crippen LogP contribution in [-0.2, 0) is 50.8 Å². The third kappa shape index (κ3) is 8.94. The molecule has 15 heteroatoms.